The maximum absolute atomic E-state index is 12.1. The molecular weight excluding hydrogens is 292 g/mol. The van der Waals surface area contributed by atoms with Crippen molar-refractivity contribution in [1.29, 1.82) is 0 Å². The Morgan fingerprint density at radius 3 is 2.52 bits per heavy atom. The normalized spacial score (nSPS) is 27.7. The Balaban J connectivity index is 1.44. The first-order valence-electron chi connectivity index (χ1n) is 9.22. The lowest BCUT2D eigenvalue weighted by molar-refractivity contribution is -0.134. The Hall–Kier alpha value is -0.650. The number of hydrogen-bond donors (Lipinski definition) is 0. The van der Waals surface area contributed by atoms with Gasteiger partial charge in [-0.1, -0.05) is 0 Å². The minimum absolute atomic E-state index is 0.242. The smallest absolute Gasteiger partial charge is 0.224 e. The van der Waals surface area contributed by atoms with Gasteiger partial charge in [0.25, 0.3) is 0 Å². The molecule has 5 heteroatoms. The van der Waals surface area contributed by atoms with Crippen molar-refractivity contribution < 1.29 is 14.3 Å². The van der Waals surface area contributed by atoms with Crippen LogP contribution in [-0.4, -0.2) is 74.4 Å². The van der Waals surface area contributed by atoms with E-state index in [1.165, 1.54) is 25.7 Å². The zero-order valence-electron chi connectivity index (χ0n) is 14.8. The van der Waals surface area contributed by atoms with Crippen molar-refractivity contribution in [3.05, 3.63) is 0 Å². The van der Waals surface area contributed by atoms with E-state index in [0.717, 1.165) is 45.1 Å². The van der Waals surface area contributed by atoms with Gasteiger partial charge in [0.1, 0.15) is 0 Å². The molecule has 5 nitrogen and oxygen atoms in total. The predicted octanol–water partition coefficient (Wildman–Crippen LogP) is 1.90. The van der Waals surface area contributed by atoms with Crippen LogP contribution in [0.2, 0.25) is 0 Å². The SMILES string of the molecule is COCCC(=O)N1CCC2(CC[C@H](COCC3CC3)N2C)CC1. The molecule has 1 amide bonds. The van der Waals surface area contributed by atoms with Crippen molar-refractivity contribution in [2.24, 2.45) is 5.92 Å². The average Bonchev–Trinajstić information content (AvgIpc) is 3.35. The zero-order chi connectivity index (χ0) is 16.3. The van der Waals surface area contributed by atoms with Gasteiger partial charge in [0.05, 0.1) is 19.6 Å². The molecule has 132 valence electrons. The van der Waals surface area contributed by atoms with Gasteiger partial charge in [-0.3, -0.25) is 9.69 Å². The molecule has 0 N–H and O–H groups in total. The van der Waals surface area contributed by atoms with Crippen molar-refractivity contribution in [3.63, 3.8) is 0 Å². The van der Waals surface area contributed by atoms with Gasteiger partial charge >= 0.3 is 0 Å². The Kier molecular flexibility index (Phi) is 5.60. The summed E-state index contributed by atoms with van der Waals surface area (Å²) in [5.74, 6) is 1.09. The number of rotatable bonds is 7. The fourth-order valence-electron chi connectivity index (χ4n) is 4.17. The summed E-state index contributed by atoms with van der Waals surface area (Å²) in [7, 11) is 3.91. The summed E-state index contributed by atoms with van der Waals surface area (Å²) in [4.78, 5) is 16.7. The summed E-state index contributed by atoms with van der Waals surface area (Å²) in [5, 5.41) is 0. The monoisotopic (exact) mass is 324 g/mol. The maximum atomic E-state index is 12.1. The number of nitrogens with zero attached hydrogens (tertiary/aromatic N) is 2. The fraction of sp³-hybridized carbons (Fsp3) is 0.944. The van der Waals surface area contributed by atoms with Gasteiger partial charge < -0.3 is 14.4 Å². The van der Waals surface area contributed by atoms with Crippen molar-refractivity contribution in [1.82, 2.24) is 9.80 Å². The van der Waals surface area contributed by atoms with E-state index >= 15 is 0 Å². The second-order valence-corrected chi connectivity index (χ2v) is 7.63. The number of likely N-dealkylation sites (N-methyl/N-ethyl adjacent to an activating group) is 1. The van der Waals surface area contributed by atoms with Crippen LogP contribution < -0.4 is 0 Å². The minimum Gasteiger partial charge on any atom is -0.384 e. The molecule has 1 atom stereocenters. The van der Waals surface area contributed by atoms with Gasteiger partial charge in [0.2, 0.25) is 5.91 Å². The minimum atomic E-state index is 0.242. The van der Waals surface area contributed by atoms with Crippen LogP contribution in [0.4, 0.5) is 0 Å². The molecule has 0 bridgehead atoms. The first-order valence-corrected chi connectivity index (χ1v) is 9.22. The largest absolute Gasteiger partial charge is 0.384 e. The quantitative estimate of drug-likeness (QED) is 0.717. The lowest BCUT2D eigenvalue weighted by Gasteiger charge is -2.45. The van der Waals surface area contributed by atoms with Crippen LogP contribution in [0.1, 0.15) is 44.9 Å². The Morgan fingerprint density at radius 1 is 1.13 bits per heavy atom. The van der Waals surface area contributed by atoms with Crippen LogP contribution in [0.3, 0.4) is 0 Å². The number of piperidine rings is 1. The molecule has 2 saturated heterocycles. The number of carbonyl (C=O) groups is 1. The predicted molar refractivity (Wildman–Crippen MR) is 89.4 cm³/mol. The van der Waals surface area contributed by atoms with Gasteiger partial charge in [-0.15, -0.1) is 0 Å². The molecule has 2 aliphatic heterocycles. The highest BCUT2D eigenvalue weighted by Crippen LogP contribution is 2.40. The summed E-state index contributed by atoms with van der Waals surface area (Å²) in [5.41, 5.74) is 0.297. The topological polar surface area (TPSA) is 42.0 Å². The molecule has 1 saturated carbocycles. The van der Waals surface area contributed by atoms with Crippen LogP contribution in [0.25, 0.3) is 0 Å². The first-order chi connectivity index (χ1) is 11.1. The molecule has 3 rings (SSSR count). The van der Waals surface area contributed by atoms with Crippen LogP contribution >= 0.6 is 0 Å². The van der Waals surface area contributed by atoms with Gasteiger partial charge in [0, 0.05) is 38.4 Å². The first kappa shape index (κ1) is 17.2. The third kappa shape index (κ3) is 4.06. The maximum Gasteiger partial charge on any atom is 0.224 e. The molecule has 0 aromatic carbocycles. The number of hydrogen-bond acceptors (Lipinski definition) is 4. The van der Waals surface area contributed by atoms with Gasteiger partial charge in [0.15, 0.2) is 0 Å². The van der Waals surface area contributed by atoms with E-state index < -0.39 is 0 Å². The van der Waals surface area contributed by atoms with Crippen LogP contribution in [-0.2, 0) is 14.3 Å². The second-order valence-electron chi connectivity index (χ2n) is 7.63. The molecule has 3 fully saturated rings. The molecule has 0 unspecified atom stereocenters. The number of carbonyl (C=O) groups excluding carboxylic acids is 1. The lowest BCUT2D eigenvalue weighted by atomic mass is 9.85. The van der Waals surface area contributed by atoms with Gasteiger partial charge in [-0.25, -0.2) is 0 Å². The van der Waals surface area contributed by atoms with Crippen LogP contribution in [0.5, 0.6) is 0 Å². The summed E-state index contributed by atoms with van der Waals surface area (Å²) in [6, 6.07) is 0.560. The van der Waals surface area contributed by atoms with Crippen LogP contribution in [0.15, 0.2) is 0 Å². The van der Waals surface area contributed by atoms with E-state index in [0.29, 0.717) is 24.6 Å². The highest BCUT2D eigenvalue weighted by molar-refractivity contribution is 5.76. The molecule has 3 aliphatic rings. The van der Waals surface area contributed by atoms with E-state index in [2.05, 4.69) is 11.9 Å². The molecular formula is C18H32N2O3. The standard InChI is InChI=1S/C18H32N2O3/c1-19-16(14-23-13-15-3-4-15)5-7-18(19)8-10-20(11-9-18)17(21)6-12-22-2/h15-16H,3-14H2,1-2H3/t16-/m1/s1. The molecule has 2 heterocycles. The highest BCUT2D eigenvalue weighted by Gasteiger charge is 2.46. The lowest BCUT2D eigenvalue weighted by Crippen LogP contribution is -2.54. The molecule has 1 spiro atoms. The van der Waals surface area contributed by atoms with E-state index in [9.17, 15) is 4.79 Å². The second kappa shape index (κ2) is 7.49. The molecule has 0 aromatic rings. The van der Waals surface area contributed by atoms with E-state index in [1.54, 1.807) is 7.11 Å². The average molecular weight is 324 g/mol. The summed E-state index contributed by atoms with van der Waals surface area (Å²) in [6.45, 7) is 4.15. The van der Waals surface area contributed by atoms with Crippen molar-refractivity contribution in [3.8, 4) is 0 Å². The number of amides is 1. The number of likely N-dealkylation sites (tertiary alicyclic amines) is 2. The van der Waals surface area contributed by atoms with Crippen molar-refractivity contribution in [2.45, 2.75) is 56.5 Å². The van der Waals surface area contributed by atoms with E-state index in [4.69, 9.17) is 9.47 Å². The summed E-state index contributed by atoms with van der Waals surface area (Å²) >= 11 is 0. The van der Waals surface area contributed by atoms with Crippen molar-refractivity contribution in [2.75, 3.05) is 47.1 Å². The molecule has 1 aliphatic carbocycles. The molecule has 0 radical (unpaired) electrons. The Morgan fingerprint density at radius 2 is 1.87 bits per heavy atom. The van der Waals surface area contributed by atoms with Gasteiger partial charge in [-0.05, 0) is 51.5 Å². The third-order valence-corrected chi connectivity index (χ3v) is 6.17. The third-order valence-electron chi connectivity index (χ3n) is 6.17. The van der Waals surface area contributed by atoms with E-state index in [-0.39, 0.29) is 5.91 Å². The number of ether oxygens (including phenoxy) is 2. The summed E-state index contributed by atoms with van der Waals surface area (Å²) in [6.07, 6.45) is 7.91. The zero-order valence-corrected chi connectivity index (χ0v) is 14.8. The number of methoxy groups -OCH3 is 1. The summed E-state index contributed by atoms with van der Waals surface area (Å²) < 4.78 is 10.9. The Labute approximate surface area is 140 Å². The highest BCUT2D eigenvalue weighted by atomic mass is 16.5. The Bertz CT molecular complexity index is 403. The van der Waals surface area contributed by atoms with Crippen LogP contribution in [0, 0.1) is 5.92 Å². The molecule has 23 heavy (non-hydrogen) atoms. The van der Waals surface area contributed by atoms with Crippen molar-refractivity contribution >= 4 is 5.91 Å². The van der Waals surface area contributed by atoms with E-state index in [1.807, 2.05) is 4.90 Å². The van der Waals surface area contributed by atoms with Gasteiger partial charge in [-0.2, -0.15) is 0 Å². The fourth-order valence-corrected chi connectivity index (χ4v) is 4.17. The molecule has 0 aromatic heterocycles.